The lowest BCUT2D eigenvalue weighted by Gasteiger charge is -2.18. The van der Waals surface area contributed by atoms with Gasteiger partial charge in [-0.2, -0.15) is 0 Å². The third kappa shape index (κ3) is 3.30. The highest BCUT2D eigenvalue weighted by molar-refractivity contribution is 7.10. The first-order chi connectivity index (χ1) is 9.80. The van der Waals surface area contributed by atoms with E-state index < -0.39 is 0 Å². The summed E-state index contributed by atoms with van der Waals surface area (Å²) < 4.78 is 11.2. The number of rotatable bonds is 7. The van der Waals surface area contributed by atoms with E-state index in [9.17, 15) is 0 Å². The van der Waals surface area contributed by atoms with Gasteiger partial charge in [-0.3, -0.25) is 5.84 Å². The normalized spacial score (nSPS) is 12.2. The quantitative estimate of drug-likeness (QED) is 0.608. The maximum Gasteiger partial charge on any atom is 0.161 e. The van der Waals surface area contributed by atoms with Crippen LogP contribution in [-0.2, 0) is 0 Å². The highest BCUT2D eigenvalue weighted by Crippen LogP contribution is 2.33. The molecule has 2 aromatic rings. The van der Waals surface area contributed by atoms with Crippen molar-refractivity contribution in [3.8, 4) is 11.5 Å². The summed E-state index contributed by atoms with van der Waals surface area (Å²) in [5, 5.41) is 2.04. The Morgan fingerprint density at radius 2 is 1.90 bits per heavy atom. The van der Waals surface area contributed by atoms with Gasteiger partial charge in [-0.1, -0.05) is 12.1 Å². The molecule has 5 heteroatoms. The predicted octanol–water partition coefficient (Wildman–Crippen LogP) is 3.10. The number of nitrogens with two attached hydrogens (primary N) is 1. The molecule has 0 fully saturated rings. The molecule has 4 nitrogen and oxygen atoms in total. The Balaban J connectivity index is 2.33. The molecule has 1 unspecified atom stereocenters. The van der Waals surface area contributed by atoms with Crippen molar-refractivity contribution in [2.75, 3.05) is 13.2 Å². The second-order valence-corrected chi connectivity index (χ2v) is 5.17. The van der Waals surface area contributed by atoms with Gasteiger partial charge >= 0.3 is 0 Å². The Morgan fingerprint density at radius 3 is 2.50 bits per heavy atom. The van der Waals surface area contributed by atoms with Crippen LogP contribution in [0.3, 0.4) is 0 Å². The summed E-state index contributed by atoms with van der Waals surface area (Å²) >= 11 is 1.67. The lowest BCUT2D eigenvalue weighted by molar-refractivity contribution is 0.287. The number of hydrazine groups is 1. The average molecular weight is 292 g/mol. The Labute approximate surface area is 123 Å². The van der Waals surface area contributed by atoms with Crippen molar-refractivity contribution in [3.63, 3.8) is 0 Å². The fourth-order valence-electron chi connectivity index (χ4n) is 2.05. The van der Waals surface area contributed by atoms with Crippen LogP contribution < -0.4 is 20.7 Å². The summed E-state index contributed by atoms with van der Waals surface area (Å²) in [7, 11) is 0. The molecule has 0 aliphatic rings. The molecule has 0 spiro atoms. The molecule has 1 aromatic carbocycles. The minimum Gasteiger partial charge on any atom is -0.490 e. The van der Waals surface area contributed by atoms with Crippen molar-refractivity contribution >= 4 is 11.3 Å². The van der Waals surface area contributed by atoms with Crippen molar-refractivity contribution in [3.05, 3.63) is 46.2 Å². The molecule has 0 aliphatic carbocycles. The second-order valence-electron chi connectivity index (χ2n) is 4.19. The Kier molecular flexibility index (Phi) is 5.40. The zero-order valence-corrected chi connectivity index (χ0v) is 12.6. The average Bonchev–Trinajstić information content (AvgIpc) is 2.97. The fraction of sp³-hybridized carbons (Fsp3) is 0.333. The summed E-state index contributed by atoms with van der Waals surface area (Å²) in [6.07, 6.45) is 0. The van der Waals surface area contributed by atoms with Crippen molar-refractivity contribution < 1.29 is 9.47 Å². The van der Waals surface area contributed by atoms with E-state index in [1.165, 1.54) is 4.88 Å². The molecule has 0 radical (unpaired) electrons. The predicted molar refractivity (Wildman–Crippen MR) is 82.3 cm³/mol. The van der Waals surface area contributed by atoms with Crippen LogP contribution in [0.2, 0.25) is 0 Å². The largest absolute Gasteiger partial charge is 0.490 e. The molecular formula is C15H20N2O2S. The van der Waals surface area contributed by atoms with Crippen molar-refractivity contribution in [1.82, 2.24) is 5.43 Å². The van der Waals surface area contributed by atoms with E-state index in [0.29, 0.717) is 13.2 Å². The lowest BCUT2D eigenvalue weighted by Crippen LogP contribution is -2.28. The van der Waals surface area contributed by atoms with Gasteiger partial charge in [-0.25, -0.2) is 5.43 Å². The number of thiophene rings is 1. The molecular weight excluding hydrogens is 272 g/mol. The fourth-order valence-corrected chi connectivity index (χ4v) is 2.86. The van der Waals surface area contributed by atoms with E-state index in [1.54, 1.807) is 11.3 Å². The first-order valence-electron chi connectivity index (χ1n) is 6.69. The van der Waals surface area contributed by atoms with Gasteiger partial charge in [0.1, 0.15) is 0 Å². The summed E-state index contributed by atoms with van der Waals surface area (Å²) in [6, 6.07) is 9.97. The van der Waals surface area contributed by atoms with Crippen LogP contribution >= 0.6 is 11.3 Å². The SMILES string of the molecule is CCOc1ccc(C(NN)c2cccs2)cc1OCC. The van der Waals surface area contributed by atoms with Gasteiger partial charge in [0, 0.05) is 4.88 Å². The molecule has 1 atom stereocenters. The molecule has 0 saturated carbocycles. The smallest absolute Gasteiger partial charge is 0.161 e. The van der Waals surface area contributed by atoms with E-state index in [1.807, 2.05) is 43.5 Å². The van der Waals surface area contributed by atoms with E-state index in [2.05, 4.69) is 11.5 Å². The van der Waals surface area contributed by atoms with Crippen LogP contribution in [0.15, 0.2) is 35.7 Å². The number of benzene rings is 1. The van der Waals surface area contributed by atoms with Crippen LogP contribution in [0, 0.1) is 0 Å². The maximum absolute atomic E-state index is 5.70. The Morgan fingerprint density at radius 1 is 1.15 bits per heavy atom. The van der Waals surface area contributed by atoms with Gasteiger partial charge in [0.05, 0.1) is 19.3 Å². The van der Waals surface area contributed by atoms with Crippen molar-refractivity contribution in [2.45, 2.75) is 19.9 Å². The van der Waals surface area contributed by atoms with Crippen molar-refractivity contribution in [1.29, 1.82) is 0 Å². The lowest BCUT2D eigenvalue weighted by atomic mass is 10.1. The molecule has 20 heavy (non-hydrogen) atoms. The van der Waals surface area contributed by atoms with Crippen LogP contribution in [0.5, 0.6) is 11.5 Å². The molecule has 3 N–H and O–H groups in total. The minimum absolute atomic E-state index is 0.0371. The Bertz CT molecular complexity index is 529. The van der Waals surface area contributed by atoms with E-state index in [-0.39, 0.29) is 6.04 Å². The Hall–Kier alpha value is -1.56. The van der Waals surface area contributed by atoms with Gasteiger partial charge in [0.2, 0.25) is 0 Å². The van der Waals surface area contributed by atoms with Crippen LogP contribution in [0.25, 0.3) is 0 Å². The second kappa shape index (κ2) is 7.28. The summed E-state index contributed by atoms with van der Waals surface area (Å²) in [5.41, 5.74) is 3.91. The number of hydrogen-bond donors (Lipinski definition) is 2. The van der Waals surface area contributed by atoms with E-state index >= 15 is 0 Å². The van der Waals surface area contributed by atoms with Gasteiger partial charge in [-0.05, 0) is 43.0 Å². The molecule has 0 amide bonds. The monoisotopic (exact) mass is 292 g/mol. The molecule has 0 aliphatic heterocycles. The molecule has 0 saturated heterocycles. The summed E-state index contributed by atoms with van der Waals surface area (Å²) in [5.74, 6) is 7.22. The zero-order valence-electron chi connectivity index (χ0n) is 11.8. The van der Waals surface area contributed by atoms with Crippen LogP contribution in [-0.4, -0.2) is 13.2 Å². The third-order valence-corrected chi connectivity index (χ3v) is 3.83. The topological polar surface area (TPSA) is 56.5 Å². The van der Waals surface area contributed by atoms with E-state index in [4.69, 9.17) is 15.3 Å². The maximum atomic E-state index is 5.70. The highest BCUT2D eigenvalue weighted by atomic mass is 32.1. The van der Waals surface area contributed by atoms with Gasteiger partial charge in [0.25, 0.3) is 0 Å². The summed E-state index contributed by atoms with van der Waals surface area (Å²) in [4.78, 5) is 1.17. The number of ether oxygens (including phenoxy) is 2. The molecule has 108 valence electrons. The molecule has 2 rings (SSSR count). The third-order valence-electron chi connectivity index (χ3n) is 2.90. The van der Waals surface area contributed by atoms with Crippen LogP contribution in [0.1, 0.15) is 30.3 Å². The zero-order chi connectivity index (χ0) is 14.4. The van der Waals surface area contributed by atoms with Crippen LogP contribution in [0.4, 0.5) is 0 Å². The van der Waals surface area contributed by atoms with Gasteiger partial charge in [-0.15, -0.1) is 11.3 Å². The van der Waals surface area contributed by atoms with E-state index in [0.717, 1.165) is 17.1 Å². The highest BCUT2D eigenvalue weighted by Gasteiger charge is 2.16. The number of nitrogens with one attached hydrogen (secondary N) is 1. The molecule has 1 heterocycles. The standard InChI is InChI=1S/C15H20N2O2S/c1-3-18-12-8-7-11(10-13(12)19-4-2)15(17-16)14-6-5-9-20-14/h5-10,15,17H,3-4,16H2,1-2H3. The first-order valence-corrected chi connectivity index (χ1v) is 7.57. The number of hydrogen-bond acceptors (Lipinski definition) is 5. The van der Waals surface area contributed by atoms with Crippen molar-refractivity contribution in [2.24, 2.45) is 5.84 Å². The van der Waals surface area contributed by atoms with Gasteiger partial charge < -0.3 is 9.47 Å². The summed E-state index contributed by atoms with van der Waals surface area (Å²) in [6.45, 7) is 5.13. The van der Waals surface area contributed by atoms with Gasteiger partial charge in [0.15, 0.2) is 11.5 Å². The minimum atomic E-state index is -0.0371. The molecule has 1 aromatic heterocycles. The molecule has 0 bridgehead atoms. The first kappa shape index (κ1) is 14.8.